The number of nitriles is 2. The van der Waals surface area contributed by atoms with Crippen LogP contribution in [-0.4, -0.2) is 103 Å². The van der Waals surface area contributed by atoms with E-state index in [1.165, 1.54) is 20.6 Å². The van der Waals surface area contributed by atoms with Gasteiger partial charge in [-0.2, -0.15) is 20.7 Å². The molecule has 83 heavy (non-hydrogen) atoms. The molecule has 0 radical (unpaired) electrons. The second-order valence-electron chi connectivity index (χ2n) is 26.3. The van der Waals surface area contributed by atoms with Crippen LogP contribution in [0.4, 0.5) is 11.4 Å². The number of anilines is 2. The first-order valence-electron chi connectivity index (χ1n) is 29.3. The lowest BCUT2D eigenvalue weighted by Gasteiger charge is -2.50. The van der Waals surface area contributed by atoms with E-state index in [4.69, 9.17) is 9.97 Å². The molecular formula is C65H68N12O4S2. The van der Waals surface area contributed by atoms with Crippen LogP contribution < -0.4 is 31.6 Å². The summed E-state index contributed by atoms with van der Waals surface area (Å²) in [5, 5.41) is 61.2. The lowest BCUT2D eigenvalue weighted by Crippen LogP contribution is -2.48. The molecule has 424 valence electrons. The van der Waals surface area contributed by atoms with E-state index in [9.17, 15) is 30.3 Å². The van der Waals surface area contributed by atoms with E-state index in [0.29, 0.717) is 49.1 Å². The standard InChI is InChI=1S/C65H68N12O4S2/c1-64(2,3)37-17-55(79)76(72-25-37)30-42-21-53-62(82-42)45(9-11-68-53)48-14-34(23-66)13-47-44-8-7-36(44)29-74(59(47)48)41-20-52(71-28-41)61(81)58-51-32-75(40-19-39(33-78)70-27-40)60-49(15-35(24-67)16-50(60)57(51)58)46-10-12-69-54-22-43(83-63(46)54)31-77-56(80)18-38(26-73-77)65(4,5)6/h9-18,21-22,25-26,36,39-41,44,51-52,57-58,61,70-71,78,81H,7-8,19-20,27-33H2,1-6H3/t36-,39+,40-,41-,44-,51+,52+,57-,58?,61?/m0/s1. The predicted octanol–water partition coefficient (Wildman–Crippen LogP) is 8.77. The zero-order valence-electron chi connectivity index (χ0n) is 47.6. The second kappa shape index (κ2) is 20.3. The van der Waals surface area contributed by atoms with Gasteiger partial charge in [-0.25, -0.2) is 9.36 Å². The third kappa shape index (κ3) is 9.37. The normalized spacial score (nSPS) is 24.9. The summed E-state index contributed by atoms with van der Waals surface area (Å²) in [6, 6.07) is 24.8. The van der Waals surface area contributed by atoms with Crippen molar-refractivity contribution in [3.8, 4) is 34.4 Å². The fraction of sp³-hybridized carbons (Fsp3) is 0.446. The number of aromatic nitrogens is 6. The summed E-state index contributed by atoms with van der Waals surface area (Å²) in [7, 11) is 0. The van der Waals surface area contributed by atoms with Crippen LogP contribution in [0.5, 0.6) is 0 Å². The number of hydrogen-bond acceptors (Lipinski definition) is 16. The van der Waals surface area contributed by atoms with Crippen LogP contribution in [0.25, 0.3) is 42.7 Å². The van der Waals surface area contributed by atoms with Crippen molar-refractivity contribution in [3.05, 3.63) is 149 Å². The molecule has 2 saturated heterocycles. The lowest BCUT2D eigenvalue weighted by molar-refractivity contribution is 0.106. The van der Waals surface area contributed by atoms with Gasteiger partial charge < -0.3 is 30.6 Å². The maximum absolute atomic E-state index is 13.4. The monoisotopic (exact) mass is 1140 g/mol. The van der Waals surface area contributed by atoms with Crippen LogP contribution in [0, 0.1) is 40.4 Å². The highest BCUT2D eigenvalue weighted by molar-refractivity contribution is 7.20. The molecule has 0 bridgehead atoms. The Hall–Kier alpha value is -7.16. The summed E-state index contributed by atoms with van der Waals surface area (Å²) in [5.74, 6) is 0.959. The Labute approximate surface area is 490 Å². The van der Waals surface area contributed by atoms with E-state index in [-0.39, 0.29) is 70.5 Å². The maximum atomic E-state index is 13.4. The highest BCUT2D eigenvalue weighted by Crippen LogP contribution is 2.64. The van der Waals surface area contributed by atoms with Crippen molar-refractivity contribution in [1.29, 1.82) is 10.5 Å². The zero-order valence-corrected chi connectivity index (χ0v) is 49.3. The molecule has 0 spiro atoms. The van der Waals surface area contributed by atoms with Gasteiger partial charge in [0.2, 0.25) is 0 Å². The van der Waals surface area contributed by atoms with Crippen LogP contribution in [0.3, 0.4) is 0 Å². The summed E-state index contributed by atoms with van der Waals surface area (Å²) in [6.45, 7) is 16.1. The van der Waals surface area contributed by atoms with Gasteiger partial charge in [-0.05, 0) is 137 Å². The Kier molecular flexibility index (Phi) is 13.2. The molecule has 10 atom stereocenters. The van der Waals surface area contributed by atoms with Crippen molar-refractivity contribution in [2.24, 2.45) is 17.8 Å². The Bertz CT molecular complexity index is 4140. The van der Waals surface area contributed by atoms with Gasteiger partial charge in [0.05, 0.1) is 81.9 Å². The van der Waals surface area contributed by atoms with Gasteiger partial charge in [-0.15, -0.1) is 22.7 Å². The van der Waals surface area contributed by atoms with Gasteiger partial charge in [-0.3, -0.25) is 19.6 Å². The van der Waals surface area contributed by atoms with Gasteiger partial charge in [0.1, 0.15) is 0 Å². The largest absolute Gasteiger partial charge is 0.395 e. The van der Waals surface area contributed by atoms with Crippen molar-refractivity contribution in [1.82, 2.24) is 40.2 Å². The molecule has 4 aliphatic heterocycles. The third-order valence-electron chi connectivity index (χ3n) is 19.2. The van der Waals surface area contributed by atoms with E-state index in [1.54, 1.807) is 47.2 Å². The molecule has 8 aromatic rings. The minimum Gasteiger partial charge on any atom is -0.395 e. The van der Waals surface area contributed by atoms with E-state index in [1.807, 2.05) is 30.6 Å². The first-order valence-corrected chi connectivity index (χ1v) is 30.9. The number of aliphatic hydroxyl groups excluding tert-OH is 2. The number of benzene rings is 2. The van der Waals surface area contributed by atoms with Crippen molar-refractivity contribution in [3.63, 3.8) is 0 Å². The topological polar surface area (TPSA) is 214 Å². The molecule has 2 aliphatic carbocycles. The Balaban J connectivity index is 0.779. The molecule has 18 heteroatoms. The van der Waals surface area contributed by atoms with Crippen LogP contribution in [-0.2, 0) is 23.9 Å². The number of nitrogens with zero attached hydrogens (tertiary/aromatic N) is 10. The minimum absolute atomic E-state index is 0.0295. The SMILES string of the molecule is CC(C)(C)c1cnn(Cc2cc3nccc(-c4cc(C#N)cc5c4N([C@@H]4CN[C@@H](C(O)C6[C@H]7c8cc(C#N)cc(-c9ccnc%10cc(Cn%11ncc(C(C)(C)C)cc%11=O)sc9%10)c8N([C@@H]8CN[C@@H](CO)C8)C[C@@H]67)C4)C[C@@H]4CC[C@H]54)c3s2)c(=O)c1. The average molecular weight is 1150 g/mol. The molecule has 2 saturated carbocycles. The summed E-state index contributed by atoms with van der Waals surface area (Å²) in [6.07, 6.45) is 10.3. The molecular weight excluding hydrogens is 1080 g/mol. The smallest absolute Gasteiger partial charge is 0.267 e. The Morgan fingerprint density at radius 2 is 1.23 bits per heavy atom. The molecule has 6 aromatic heterocycles. The number of rotatable bonds is 11. The van der Waals surface area contributed by atoms with Crippen LogP contribution >= 0.6 is 22.7 Å². The average Bonchev–Trinajstić information content (AvgIpc) is 2.15. The predicted molar refractivity (Wildman–Crippen MR) is 326 cm³/mol. The minimum atomic E-state index is -0.664. The first kappa shape index (κ1) is 53.8. The molecule has 2 aromatic carbocycles. The highest BCUT2D eigenvalue weighted by Gasteiger charge is 2.61. The number of aliphatic hydroxyl groups is 2. The van der Waals surface area contributed by atoms with Gasteiger partial charge in [0.15, 0.2) is 0 Å². The molecule has 0 amide bonds. The van der Waals surface area contributed by atoms with Gasteiger partial charge in [0, 0.05) is 118 Å². The molecule has 14 rings (SSSR count). The first-order chi connectivity index (χ1) is 39.9. The van der Waals surface area contributed by atoms with Crippen molar-refractivity contribution in [2.75, 3.05) is 42.6 Å². The molecule has 4 N–H and O–H groups in total. The van der Waals surface area contributed by atoms with Gasteiger partial charge in [0.25, 0.3) is 11.1 Å². The zero-order chi connectivity index (χ0) is 57.4. The number of hydrogen-bond donors (Lipinski definition) is 4. The van der Waals surface area contributed by atoms with Crippen molar-refractivity contribution >= 4 is 54.5 Å². The number of pyridine rings is 2. The summed E-state index contributed by atoms with van der Waals surface area (Å²) in [4.78, 5) is 43.4. The van der Waals surface area contributed by atoms with Gasteiger partial charge in [-0.1, -0.05) is 41.5 Å². The van der Waals surface area contributed by atoms with Gasteiger partial charge >= 0.3 is 0 Å². The van der Waals surface area contributed by atoms with Crippen LogP contribution in [0.15, 0.2) is 95.0 Å². The van der Waals surface area contributed by atoms with E-state index in [0.717, 1.165) is 114 Å². The quantitative estimate of drug-likeness (QED) is 0.0954. The second-order valence-corrected chi connectivity index (χ2v) is 28.6. The fourth-order valence-corrected chi connectivity index (χ4v) is 16.8. The molecule has 4 fully saturated rings. The third-order valence-corrected chi connectivity index (χ3v) is 21.5. The highest BCUT2D eigenvalue weighted by atomic mass is 32.1. The molecule has 16 nitrogen and oxygen atoms in total. The molecule has 2 unspecified atom stereocenters. The molecule has 10 heterocycles. The van der Waals surface area contributed by atoms with E-state index < -0.39 is 6.10 Å². The van der Waals surface area contributed by atoms with E-state index in [2.05, 4.69) is 115 Å². The number of thiophene rings is 2. The van der Waals surface area contributed by atoms with Crippen molar-refractivity contribution < 1.29 is 10.2 Å². The Morgan fingerprint density at radius 1 is 0.687 bits per heavy atom. The van der Waals surface area contributed by atoms with Crippen LogP contribution in [0.1, 0.15) is 122 Å². The Morgan fingerprint density at radius 3 is 1.75 bits per heavy atom. The maximum Gasteiger partial charge on any atom is 0.267 e. The summed E-state index contributed by atoms with van der Waals surface area (Å²) >= 11 is 3.21. The van der Waals surface area contributed by atoms with E-state index >= 15 is 0 Å². The van der Waals surface area contributed by atoms with Crippen molar-refractivity contribution in [2.45, 2.75) is 133 Å². The summed E-state index contributed by atoms with van der Waals surface area (Å²) in [5.41, 5.74) is 12.4. The molecule has 6 aliphatic rings. The van der Waals surface area contributed by atoms with Crippen LogP contribution in [0.2, 0.25) is 0 Å². The number of fused-ring (bicyclic) bond motifs is 8. The summed E-state index contributed by atoms with van der Waals surface area (Å²) < 4.78 is 4.98. The lowest BCUT2D eigenvalue weighted by atomic mass is 9.66. The number of nitrogens with one attached hydrogen (secondary N) is 2. The fourth-order valence-electron chi connectivity index (χ4n) is 14.6.